The number of aryl methyl sites for hydroxylation is 1. The molecular formula is C32H38N6O4S. The molecule has 5 rings (SSSR count). The van der Waals surface area contributed by atoms with Crippen molar-refractivity contribution in [2.24, 2.45) is 0 Å². The molecule has 0 bridgehead atoms. The molecule has 1 amide bonds. The van der Waals surface area contributed by atoms with E-state index in [1.807, 2.05) is 55.4 Å². The maximum atomic E-state index is 13.0. The van der Waals surface area contributed by atoms with Gasteiger partial charge in [-0.15, -0.1) is 0 Å². The Labute approximate surface area is 253 Å². The fraction of sp³-hybridized carbons (Fsp3) is 0.375. The molecule has 1 fully saturated rings. The third-order valence-electron chi connectivity index (χ3n) is 7.39. The predicted octanol–water partition coefficient (Wildman–Crippen LogP) is 3.88. The number of hydrogen-bond acceptors (Lipinski definition) is 9. The third-order valence-corrected chi connectivity index (χ3v) is 9.22. The van der Waals surface area contributed by atoms with Crippen LogP contribution in [-0.2, 0) is 21.1 Å². The summed E-state index contributed by atoms with van der Waals surface area (Å²) in [7, 11) is 0.119. The van der Waals surface area contributed by atoms with Gasteiger partial charge in [0.2, 0.25) is 0 Å². The summed E-state index contributed by atoms with van der Waals surface area (Å²) in [6.07, 6.45) is 2.00. The number of fused-ring (bicyclic) bond motifs is 1. The number of nitrogens with zero attached hydrogens (tertiary/aromatic N) is 5. The fourth-order valence-corrected chi connectivity index (χ4v) is 6.86. The van der Waals surface area contributed by atoms with Gasteiger partial charge >= 0.3 is 0 Å². The van der Waals surface area contributed by atoms with Crippen molar-refractivity contribution in [2.45, 2.75) is 44.4 Å². The summed E-state index contributed by atoms with van der Waals surface area (Å²) in [6.45, 7) is 8.00. The number of sulfone groups is 1. The molecule has 3 aromatic heterocycles. The maximum absolute atomic E-state index is 13.0. The summed E-state index contributed by atoms with van der Waals surface area (Å²) >= 11 is 0. The molecule has 43 heavy (non-hydrogen) atoms. The van der Waals surface area contributed by atoms with Crippen LogP contribution in [0.3, 0.4) is 0 Å². The molecule has 11 heteroatoms. The summed E-state index contributed by atoms with van der Waals surface area (Å²) in [4.78, 5) is 31.5. The molecule has 1 aromatic carbocycles. The number of carbonyl (C=O) groups is 1. The molecule has 0 aliphatic carbocycles. The highest BCUT2D eigenvalue weighted by Gasteiger charge is 2.23. The van der Waals surface area contributed by atoms with Crippen LogP contribution in [0.4, 0.5) is 5.82 Å². The Bertz CT molecular complexity index is 1730. The van der Waals surface area contributed by atoms with Gasteiger partial charge in [0.1, 0.15) is 5.82 Å². The Hall–Kier alpha value is -3.93. The maximum Gasteiger partial charge on any atom is 0.251 e. The zero-order valence-corrected chi connectivity index (χ0v) is 26.1. The lowest BCUT2D eigenvalue weighted by Crippen LogP contribution is -2.45. The van der Waals surface area contributed by atoms with Gasteiger partial charge in [-0.25, -0.2) is 18.4 Å². The Morgan fingerprint density at radius 2 is 1.77 bits per heavy atom. The number of carbonyl (C=O) groups excluding carboxylic acids is 1. The van der Waals surface area contributed by atoms with Crippen molar-refractivity contribution in [1.29, 1.82) is 0 Å². The lowest BCUT2D eigenvalue weighted by molar-refractivity contribution is -0.00545. The van der Waals surface area contributed by atoms with Gasteiger partial charge in [0.15, 0.2) is 9.84 Å². The molecule has 0 spiro atoms. The highest BCUT2D eigenvalue weighted by molar-refractivity contribution is 7.91. The number of hydrogen-bond donors (Lipinski definition) is 1. The van der Waals surface area contributed by atoms with Gasteiger partial charge < -0.3 is 19.9 Å². The van der Waals surface area contributed by atoms with Crippen molar-refractivity contribution in [3.63, 3.8) is 0 Å². The van der Waals surface area contributed by atoms with Gasteiger partial charge in [-0.2, -0.15) is 0 Å². The van der Waals surface area contributed by atoms with E-state index in [1.54, 1.807) is 25.3 Å². The minimum atomic E-state index is -3.53. The summed E-state index contributed by atoms with van der Waals surface area (Å²) in [5.41, 5.74) is 3.78. The molecule has 226 valence electrons. The Kier molecular flexibility index (Phi) is 9.05. The molecular weight excluding hydrogens is 564 g/mol. The van der Waals surface area contributed by atoms with Crippen LogP contribution < -0.4 is 10.2 Å². The first-order valence-corrected chi connectivity index (χ1v) is 16.0. The highest BCUT2D eigenvalue weighted by Crippen LogP contribution is 2.24. The van der Waals surface area contributed by atoms with Crippen LogP contribution in [0.2, 0.25) is 0 Å². The average molecular weight is 603 g/mol. The second kappa shape index (κ2) is 12.7. The van der Waals surface area contributed by atoms with Crippen LogP contribution >= 0.6 is 0 Å². The summed E-state index contributed by atoms with van der Waals surface area (Å²) in [5, 5.41) is 3.74. The van der Waals surface area contributed by atoms with Crippen molar-refractivity contribution in [3.8, 4) is 11.4 Å². The number of anilines is 1. The zero-order valence-electron chi connectivity index (χ0n) is 25.2. The van der Waals surface area contributed by atoms with Crippen LogP contribution in [-0.4, -0.2) is 85.9 Å². The lowest BCUT2D eigenvalue weighted by atomic mass is 10.1. The minimum absolute atomic E-state index is 0.0205. The van der Waals surface area contributed by atoms with Crippen molar-refractivity contribution in [3.05, 3.63) is 77.6 Å². The predicted molar refractivity (Wildman–Crippen MR) is 168 cm³/mol. The molecule has 1 N–H and O–H groups in total. The van der Waals surface area contributed by atoms with E-state index in [2.05, 4.69) is 29.0 Å². The first-order valence-electron chi connectivity index (χ1n) is 14.4. The number of morpholine rings is 1. The first-order chi connectivity index (χ1) is 20.5. The van der Waals surface area contributed by atoms with Gasteiger partial charge in [0, 0.05) is 36.8 Å². The van der Waals surface area contributed by atoms with Crippen LogP contribution in [0.5, 0.6) is 0 Å². The molecule has 2 atom stereocenters. The second-order valence-corrected chi connectivity index (χ2v) is 13.5. The molecule has 4 heterocycles. The molecule has 1 saturated heterocycles. The molecule has 10 nitrogen and oxygen atoms in total. The largest absolute Gasteiger partial charge is 0.372 e. The Morgan fingerprint density at radius 1 is 1.02 bits per heavy atom. The summed E-state index contributed by atoms with van der Waals surface area (Å²) in [6, 6.07) is 16.5. The zero-order chi connectivity index (χ0) is 30.7. The van der Waals surface area contributed by atoms with Gasteiger partial charge in [-0.05, 0) is 82.9 Å². The van der Waals surface area contributed by atoms with Gasteiger partial charge in [0.05, 0.1) is 52.0 Å². The molecule has 1 aliphatic heterocycles. The Morgan fingerprint density at radius 3 is 2.51 bits per heavy atom. The number of rotatable bonds is 9. The van der Waals surface area contributed by atoms with Crippen LogP contribution in [0.1, 0.15) is 35.5 Å². The Balaban J connectivity index is 1.31. The van der Waals surface area contributed by atoms with Crippen molar-refractivity contribution in [1.82, 2.24) is 25.2 Å². The van der Waals surface area contributed by atoms with Crippen LogP contribution in [0.25, 0.3) is 22.3 Å². The van der Waals surface area contributed by atoms with Gasteiger partial charge in [-0.1, -0.05) is 12.1 Å². The second-order valence-electron chi connectivity index (χ2n) is 11.4. The lowest BCUT2D eigenvalue weighted by Gasteiger charge is -2.36. The number of aromatic nitrogens is 3. The van der Waals surface area contributed by atoms with E-state index >= 15 is 0 Å². The molecule has 0 unspecified atom stereocenters. The first kappa shape index (κ1) is 30.5. The van der Waals surface area contributed by atoms with E-state index in [0.29, 0.717) is 17.8 Å². The number of amides is 1. The van der Waals surface area contributed by atoms with E-state index in [-0.39, 0.29) is 40.9 Å². The molecule has 0 radical (unpaired) electrons. The normalized spacial score (nSPS) is 17.4. The standard InChI is InChI=1S/C32H38N6O4S/c1-21-9-10-24(15-30(21)43(40,41)14-13-37(4)5)32(39)34-18-26-16-29-25(17-33-26)11-12-28(35-29)27-7-6-8-31(36-27)38-19-22(2)42-23(3)20-38/h6-12,15-17,22-23H,13-14,18-20H2,1-5H3,(H,34,39)/t22-,23+. The van der Waals surface area contributed by atoms with Crippen molar-refractivity contribution in [2.75, 3.05) is 44.4 Å². The number of pyridine rings is 3. The van der Waals surface area contributed by atoms with E-state index in [4.69, 9.17) is 14.7 Å². The van der Waals surface area contributed by atoms with Crippen molar-refractivity contribution >= 4 is 32.5 Å². The minimum Gasteiger partial charge on any atom is -0.372 e. The molecule has 0 saturated carbocycles. The number of benzene rings is 1. The average Bonchev–Trinajstić information content (AvgIpc) is 2.98. The number of ether oxygens (including phenoxy) is 1. The third kappa shape index (κ3) is 7.35. The number of nitrogens with one attached hydrogen (secondary N) is 1. The quantitative estimate of drug-likeness (QED) is 0.305. The van der Waals surface area contributed by atoms with E-state index in [0.717, 1.165) is 41.2 Å². The summed E-state index contributed by atoms with van der Waals surface area (Å²) in [5.74, 6) is 0.498. The van der Waals surface area contributed by atoms with Gasteiger partial charge in [-0.3, -0.25) is 9.78 Å². The molecule has 1 aliphatic rings. The van der Waals surface area contributed by atoms with Gasteiger partial charge in [0.25, 0.3) is 5.91 Å². The monoisotopic (exact) mass is 602 g/mol. The van der Waals surface area contributed by atoms with Crippen molar-refractivity contribution < 1.29 is 17.9 Å². The van der Waals surface area contributed by atoms with E-state index in [9.17, 15) is 13.2 Å². The van der Waals surface area contributed by atoms with E-state index < -0.39 is 9.84 Å². The highest BCUT2D eigenvalue weighted by atomic mass is 32.2. The van der Waals surface area contributed by atoms with E-state index in [1.165, 1.54) is 6.07 Å². The van der Waals surface area contributed by atoms with Crippen LogP contribution in [0.15, 0.2) is 65.7 Å². The fourth-order valence-electron chi connectivity index (χ4n) is 5.17. The SMILES string of the molecule is Cc1ccc(C(=O)NCc2cc3nc(-c4cccc(N5C[C@@H](C)O[C@@H](C)C5)n4)ccc3cn2)cc1S(=O)(=O)CCN(C)C. The molecule has 4 aromatic rings. The van der Waals surface area contributed by atoms with Crippen LogP contribution in [0, 0.1) is 6.92 Å². The summed E-state index contributed by atoms with van der Waals surface area (Å²) < 4.78 is 31.7. The smallest absolute Gasteiger partial charge is 0.251 e. The topological polar surface area (TPSA) is 118 Å².